The molecule has 9 nitrogen and oxygen atoms in total. The third-order valence-electron chi connectivity index (χ3n) is 3.06. The van der Waals surface area contributed by atoms with Crippen molar-refractivity contribution in [2.75, 3.05) is 17.9 Å². The van der Waals surface area contributed by atoms with Gasteiger partial charge in [0.1, 0.15) is 6.26 Å². The first kappa shape index (κ1) is 14.6. The van der Waals surface area contributed by atoms with Crippen molar-refractivity contribution in [1.29, 1.82) is 0 Å². The fraction of sp³-hybridized carbons (Fsp3) is 0.143. The van der Waals surface area contributed by atoms with E-state index in [2.05, 4.69) is 25.2 Å². The number of carbonyl (C=O) groups is 1. The quantitative estimate of drug-likeness (QED) is 0.694. The molecule has 0 spiro atoms. The van der Waals surface area contributed by atoms with Crippen LogP contribution in [0.2, 0.25) is 0 Å². The van der Waals surface area contributed by atoms with Gasteiger partial charge in [0.2, 0.25) is 18.6 Å². The van der Waals surface area contributed by atoms with E-state index >= 15 is 0 Å². The molecule has 0 atom stereocenters. The Morgan fingerprint density at radius 2 is 2.12 bits per heavy atom. The summed E-state index contributed by atoms with van der Waals surface area (Å²) in [4.78, 5) is 11.8. The largest absolute Gasteiger partial charge is 0.454 e. The Morgan fingerprint density at radius 1 is 1.21 bits per heavy atom. The van der Waals surface area contributed by atoms with Gasteiger partial charge in [0.25, 0.3) is 5.22 Å². The van der Waals surface area contributed by atoms with Crippen molar-refractivity contribution in [3.63, 3.8) is 0 Å². The summed E-state index contributed by atoms with van der Waals surface area (Å²) < 4.78 is 20.7. The first-order chi connectivity index (χ1) is 11.8. The van der Waals surface area contributed by atoms with Gasteiger partial charge in [-0.05, 0) is 18.2 Å². The van der Waals surface area contributed by atoms with Crippen LogP contribution in [0.5, 0.6) is 11.5 Å². The number of benzene rings is 1. The minimum Gasteiger partial charge on any atom is -0.454 e. The maximum absolute atomic E-state index is 11.8. The molecule has 10 heteroatoms. The summed E-state index contributed by atoms with van der Waals surface area (Å²) in [6, 6.07) is 6.89. The Hall–Kier alpha value is -3.01. The number of nitrogens with zero attached hydrogens (tertiary/aromatic N) is 3. The highest BCUT2D eigenvalue weighted by atomic mass is 32.2. The Morgan fingerprint density at radius 3 is 3.00 bits per heavy atom. The number of anilines is 1. The van der Waals surface area contributed by atoms with Crippen LogP contribution in [-0.2, 0) is 4.79 Å². The zero-order chi connectivity index (χ0) is 16.4. The van der Waals surface area contributed by atoms with Crippen LogP contribution in [-0.4, -0.2) is 33.8 Å². The average Bonchev–Trinajstić information content (AvgIpc) is 3.33. The first-order valence-electron chi connectivity index (χ1n) is 6.84. The summed E-state index contributed by atoms with van der Waals surface area (Å²) >= 11 is 1.12. The van der Waals surface area contributed by atoms with E-state index < -0.39 is 0 Å². The summed E-state index contributed by atoms with van der Waals surface area (Å²) in [6.07, 6.45) is 1.37. The second kappa shape index (κ2) is 6.24. The van der Waals surface area contributed by atoms with E-state index in [9.17, 15) is 4.79 Å². The summed E-state index contributed by atoms with van der Waals surface area (Å²) in [5.41, 5.74) is 0.714. The van der Waals surface area contributed by atoms with Gasteiger partial charge >= 0.3 is 0 Å². The molecular formula is C14H10N4O5S. The zero-order valence-corrected chi connectivity index (χ0v) is 12.9. The van der Waals surface area contributed by atoms with Crippen molar-refractivity contribution >= 4 is 23.5 Å². The topological polar surface area (TPSA) is 113 Å². The SMILES string of the molecule is O=C(CSc1nnc(-c2ccc3c(c2)OCO3)o1)Nc1ccon1. The van der Waals surface area contributed by atoms with Crippen molar-refractivity contribution in [3.05, 3.63) is 30.5 Å². The molecule has 3 aromatic rings. The molecule has 0 saturated heterocycles. The van der Waals surface area contributed by atoms with Gasteiger partial charge in [-0.2, -0.15) is 0 Å². The molecule has 122 valence electrons. The lowest BCUT2D eigenvalue weighted by Gasteiger charge is -1.99. The van der Waals surface area contributed by atoms with E-state index in [0.717, 1.165) is 11.8 Å². The number of carbonyl (C=O) groups excluding carboxylic acids is 1. The molecule has 0 unspecified atom stereocenters. The monoisotopic (exact) mass is 346 g/mol. The average molecular weight is 346 g/mol. The molecule has 0 fully saturated rings. The lowest BCUT2D eigenvalue weighted by molar-refractivity contribution is -0.113. The highest BCUT2D eigenvalue weighted by Crippen LogP contribution is 2.35. The van der Waals surface area contributed by atoms with Crippen LogP contribution in [0.25, 0.3) is 11.5 Å². The third-order valence-corrected chi connectivity index (χ3v) is 3.88. The summed E-state index contributed by atoms with van der Waals surface area (Å²) in [5.74, 6) is 1.86. The van der Waals surface area contributed by atoms with E-state index in [0.29, 0.717) is 28.8 Å². The van der Waals surface area contributed by atoms with Crippen LogP contribution in [0.4, 0.5) is 5.82 Å². The summed E-state index contributed by atoms with van der Waals surface area (Å²) in [6.45, 7) is 0.199. The Kier molecular flexibility index (Phi) is 3.79. The van der Waals surface area contributed by atoms with Crippen molar-refractivity contribution in [1.82, 2.24) is 15.4 Å². The molecule has 0 aliphatic carbocycles. The smallest absolute Gasteiger partial charge is 0.277 e. The summed E-state index contributed by atoms with van der Waals surface area (Å²) in [5, 5.41) is 14.3. The molecule has 2 aromatic heterocycles. The molecule has 1 amide bonds. The maximum atomic E-state index is 11.8. The number of fused-ring (bicyclic) bond motifs is 1. The molecule has 0 bridgehead atoms. The first-order valence-corrected chi connectivity index (χ1v) is 7.83. The molecule has 24 heavy (non-hydrogen) atoms. The number of aromatic nitrogens is 3. The minimum absolute atomic E-state index is 0.107. The van der Waals surface area contributed by atoms with Gasteiger partial charge in [0.15, 0.2) is 17.3 Å². The van der Waals surface area contributed by atoms with Crippen LogP contribution in [0.3, 0.4) is 0 Å². The number of thioether (sulfide) groups is 1. The van der Waals surface area contributed by atoms with Gasteiger partial charge in [-0.25, -0.2) is 0 Å². The molecule has 0 saturated carbocycles. The number of hydrogen-bond donors (Lipinski definition) is 1. The predicted molar refractivity (Wildman–Crippen MR) is 81.7 cm³/mol. The Bertz CT molecular complexity index is 864. The standard InChI is InChI=1S/C14H10N4O5S/c19-12(15-11-3-4-22-18-11)6-24-14-17-16-13(23-14)8-1-2-9-10(5-8)21-7-20-9/h1-5H,6-7H2,(H,15,18,19). The minimum atomic E-state index is -0.253. The molecule has 0 radical (unpaired) electrons. The van der Waals surface area contributed by atoms with Gasteiger partial charge in [-0.15, -0.1) is 10.2 Å². The van der Waals surface area contributed by atoms with Crippen LogP contribution in [0.1, 0.15) is 0 Å². The molecule has 1 N–H and O–H groups in total. The summed E-state index contributed by atoms with van der Waals surface area (Å²) in [7, 11) is 0. The van der Waals surface area contributed by atoms with Gasteiger partial charge in [-0.1, -0.05) is 16.9 Å². The second-order valence-electron chi connectivity index (χ2n) is 4.66. The zero-order valence-electron chi connectivity index (χ0n) is 12.1. The van der Waals surface area contributed by atoms with Gasteiger partial charge in [0.05, 0.1) is 5.75 Å². The normalized spacial score (nSPS) is 12.3. The predicted octanol–water partition coefficient (Wildman–Crippen LogP) is 2.18. The highest BCUT2D eigenvalue weighted by Gasteiger charge is 2.17. The maximum Gasteiger partial charge on any atom is 0.277 e. The van der Waals surface area contributed by atoms with Crippen molar-refractivity contribution in [2.45, 2.75) is 5.22 Å². The number of nitrogens with one attached hydrogen (secondary N) is 1. The van der Waals surface area contributed by atoms with Gasteiger partial charge in [0, 0.05) is 11.6 Å². The Balaban J connectivity index is 1.39. The van der Waals surface area contributed by atoms with Gasteiger partial charge in [-0.3, -0.25) is 4.79 Å². The number of ether oxygens (including phenoxy) is 2. The fourth-order valence-corrected chi connectivity index (χ4v) is 2.56. The van der Waals surface area contributed by atoms with Crippen LogP contribution < -0.4 is 14.8 Å². The van der Waals surface area contributed by atoms with Crippen LogP contribution >= 0.6 is 11.8 Å². The third kappa shape index (κ3) is 3.04. The van der Waals surface area contributed by atoms with Crippen molar-refractivity contribution in [3.8, 4) is 23.0 Å². The lowest BCUT2D eigenvalue weighted by Crippen LogP contribution is -2.14. The van der Waals surface area contributed by atoms with E-state index in [4.69, 9.17) is 13.9 Å². The molecule has 3 heterocycles. The van der Waals surface area contributed by atoms with E-state index in [1.807, 2.05) is 0 Å². The van der Waals surface area contributed by atoms with E-state index in [1.165, 1.54) is 6.26 Å². The molecule has 1 aromatic carbocycles. The Labute approximate surface area is 139 Å². The van der Waals surface area contributed by atoms with Crippen molar-refractivity contribution in [2.24, 2.45) is 0 Å². The van der Waals surface area contributed by atoms with Crippen LogP contribution in [0.15, 0.2) is 44.7 Å². The highest BCUT2D eigenvalue weighted by molar-refractivity contribution is 7.99. The molecule has 1 aliphatic heterocycles. The van der Waals surface area contributed by atoms with Gasteiger partial charge < -0.3 is 23.7 Å². The molecule has 1 aliphatic rings. The molecular weight excluding hydrogens is 336 g/mol. The lowest BCUT2D eigenvalue weighted by atomic mass is 10.2. The van der Waals surface area contributed by atoms with Crippen LogP contribution in [0, 0.1) is 0 Å². The fourth-order valence-electron chi connectivity index (χ4n) is 2.00. The molecule has 4 rings (SSSR count). The second-order valence-corrected chi connectivity index (χ2v) is 5.59. The van der Waals surface area contributed by atoms with Crippen molar-refractivity contribution < 1.29 is 23.2 Å². The van der Waals surface area contributed by atoms with E-state index in [1.54, 1.807) is 24.3 Å². The van der Waals surface area contributed by atoms with E-state index in [-0.39, 0.29) is 23.7 Å². The number of hydrogen-bond acceptors (Lipinski definition) is 9. The number of rotatable bonds is 5. The number of amides is 1.